The van der Waals surface area contributed by atoms with Gasteiger partial charge in [-0.1, -0.05) is 12.1 Å². The van der Waals surface area contributed by atoms with Gasteiger partial charge < -0.3 is 5.32 Å². The van der Waals surface area contributed by atoms with Gasteiger partial charge in [0.2, 0.25) is 10.0 Å². The molecule has 0 aliphatic carbocycles. The predicted octanol–water partition coefficient (Wildman–Crippen LogP) is 2.48. The molecule has 4 nitrogen and oxygen atoms in total. The van der Waals surface area contributed by atoms with Crippen LogP contribution in [-0.2, 0) is 10.0 Å². The standard InChI is InChI=1S/C15H24N2O2S2/c1-12(16-14-5-4-10-20-11-14)13-6-8-15(9-7-13)21(18,19)17(2)3/h6-9,12,14,16H,4-5,10-11H2,1-3H3. The Balaban J connectivity index is 2.04. The molecular formula is C15H24N2O2S2. The lowest BCUT2D eigenvalue weighted by Gasteiger charge is -2.26. The second-order valence-corrected chi connectivity index (χ2v) is 8.96. The fourth-order valence-electron chi connectivity index (χ4n) is 2.46. The largest absolute Gasteiger partial charge is 0.307 e. The van der Waals surface area contributed by atoms with Gasteiger partial charge in [-0.2, -0.15) is 11.8 Å². The lowest BCUT2D eigenvalue weighted by molar-refractivity contribution is 0.452. The molecule has 0 radical (unpaired) electrons. The Morgan fingerprint density at radius 2 is 1.95 bits per heavy atom. The summed E-state index contributed by atoms with van der Waals surface area (Å²) in [6.07, 6.45) is 2.50. The van der Waals surface area contributed by atoms with E-state index in [1.54, 1.807) is 26.2 Å². The molecule has 2 atom stereocenters. The molecule has 0 bridgehead atoms. The van der Waals surface area contributed by atoms with Gasteiger partial charge in [0.1, 0.15) is 0 Å². The van der Waals surface area contributed by atoms with Gasteiger partial charge in [0.15, 0.2) is 0 Å². The Morgan fingerprint density at radius 1 is 1.29 bits per heavy atom. The summed E-state index contributed by atoms with van der Waals surface area (Å²) in [6, 6.07) is 8.00. The summed E-state index contributed by atoms with van der Waals surface area (Å²) in [5.41, 5.74) is 1.13. The first-order valence-electron chi connectivity index (χ1n) is 7.27. The Morgan fingerprint density at radius 3 is 2.48 bits per heavy atom. The van der Waals surface area contributed by atoms with Crippen LogP contribution in [0.4, 0.5) is 0 Å². The number of rotatable bonds is 5. The molecule has 21 heavy (non-hydrogen) atoms. The van der Waals surface area contributed by atoms with E-state index in [0.29, 0.717) is 10.9 Å². The molecule has 1 fully saturated rings. The van der Waals surface area contributed by atoms with Crippen LogP contribution in [0.1, 0.15) is 31.4 Å². The van der Waals surface area contributed by atoms with Crippen LogP contribution in [0.3, 0.4) is 0 Å². The number of hydrogen-bond acceptors (Lipinski definition) is 4. The molecule has 1 aromatic carbocycles. The van der Waals surface area contributed by atoms with Gasteiger partial charge in [-0.25, -0.2) is 12.7 Å². The van der Waals surface area contributed by atoms with Crippen LogP contribution < -0.4 is 5.32 Å². The zero-order valence-electron chi connectivity index (χ0n) is 12.9. The average Bonchev–Trinajstić information content (AvgIpc) is 2.48. The lowest BCUT2D eigenvalue weighted by Crippen LogP contribution is -2.35. The quantitative estimate of drug-likeness (QED) is 0.902. The fraction of sp³-hybridized carbons (Fsp3) is 0.600. The molecule has 0 aromatic heterocycles. The lowest BCUT2D eigenvalue weighted by atomic mass is 10.1. The second-order valence-electron chi connectivity index (χ2n) is 5.66. The Bertz CT molecular complexity index is 550. The first-order valence-corrected chi connectivity index (χ1v) is 9.87. The summed E-state index contributed by atoms with van der Waals surface area (Å²) >= 11 is 2.00. The van der Waals surface area contributed by atoms with Gasteiger partial charge in [0.05, 0.1) is 4.90 Å². The van der Waals surface area contributed by atoms with E-state index in [2.05, 4.69) is 12.2 Å². The molecule has 1 aliphatic rings. The maximum atomic E-state index is 12.0. The van der Waals surface area contributed by atoms with Crippen molar-refractivity contribution in [3.05, 3.63) is 29.8 Å². The van der Waals surface area contributed by atoms with Crippen LogP contribution in [0.15, 0.2) is 29.2 Å². The highest BCUT2D eigenvalue weighted by molar-refractivity contribution is 7.99. The van der Waals surface area contributed by atoms with Crippen LogP contribution in [0.25, 0.3) is 0 Å². The monoisotopic (exact) mass is 328 g/mol. The molecule has 6 heteroatoms. The van der Waals surface area contributed by atoms with E-state index < -0.39 is 10.0 Å². The van der Waals surface area contributed by atoms with E-state index >= 15 is 0 Å². The third kappa shape index (κ3) is 4.22. The third-order valence-corrected chi connectivity index (χ3v) is 6.85. The number of nitrogens with one attached hydrogen (secondary N) is 1. The van der Waals surface area contributed by atoms with E-state index in [-0.39, 0.29) is 6.04 Å². The zero-order valence-corrected chi connectivity index (χ0v) is 14.5. The number of thioether (sulfide) groups is 1. The van der Waals surface area contributed by atoms with Gasteiger partial charge >= 0.3 is 0 Å². The average molecular weight is 329 g/mol. The molecule has 0 spiro atoms. The first kappa shape index (κ1) is 16.8. The Kier molecular flexibility index (Phi) is 5.71. The molecule has 1 aliphatic heterocycles. The minimum atomic E-state index is -3.34. The molecule has 2 rings (SSSR count). The molecule has 1 heterocycles. The zero-order chi connectivity index (χ0) is 15.5. The third-order valence-electron chi connectivity index (χ3n) is 3.80. The minimum Gasteiger partial charge on any atom is -0.307 e. The van der Waals surface area contributed by atoms with Crippen molar-refractivity contribution in [1.82, 2.24) is 9.62 Å². The second kappa shape index (κ2) is 7.13. The van der Waals surface area contributed by atoms with Crippen LogP contribution in [0.2, 0.25) is 0 Å². The summed E-state index contributed by atoms with van der Waals surface area (Å²) in [7, 11) is -0.237. The van der Waals surface area contributed by atoms with Crippen molar-refractivity contribution in [3.63, 3.8) is 0 Å². The molecular weight excluding hydrogens is 304 g/mol. The van der Waals surface area contributed by atoms with Crippen LogP contribution in [0, 0.1) is 0 Å². The van der Waals surface area contributed by atoms with Crippen molar-refractivity contribution in [2.75, 3.05) is 25.6 Å². The highest BCUT2D eigenvalue weighted by Crippen LogP contribution is 2.22. The van der Waals surface area contributed by atoms with Gasteiger partial charge in [-0.15, -0.1) is 0 Å². The van der Waals surface area contributed by atoms with Crippen molar-refractivity contribution < 1.29 is 8.42 Å². The Labute approximate surface area is 132 Å². The van der Waals surface area contributed by atoms with Gasteiger partial charge in [-0.05, 0) is 43.2 Å². The molecule has 2 unspecified atom stereocenters. The fourth-order valence-corrected chi connectivity index (χ4v) is 4.45. The van der Waals surface area contributed by atoms with Crippen LogP contribution in [0.5, 0.6) is 0 Å². The molecule has 118 valence electrons. The van der Waals surface area contributed by atoms with Gasteiger partial charge in [-0.3, -0.25) is 0 Å². The molecule has 1 saturated heterocycles. The number of benzene rings is 1. The van der Waals surface area contributed by atoms with Crippen molar-refractivity contribution in [3.8, 4) is 0 Å². The summed E-state index contributed by atoms with van der Waals surface area (Å²) in [5, 5.41) is 3.64. The maximum absolute atomic E-state index is 12.0. The minimum absolute atomic E-state index is 0.241. The van der Waals surface area contributed by atoms with Crippen molar-refractivity contribution in [2.24, 2.45) is 0 Å². The molecule has 0 saturated carbocycles. The summed E-state index contributed by atoms with van der Waals surface area (Å²) in [4.78, 5) is 0.344. The van der Waals surface area contributed by atoms with E-state index in [1.807, 2.05) is 23.9 Å². The molecule has 1 aromatic rings. The number of hydrogen-bond donors (Lipinski definition) is 1. The maximum Gasteiger partial charge on any atom is 0.242 e. The molecule has 0 amide bonds. The Hall–Kier alpha value is -0.560. The van der Waals surface area contributed by atoms with E-state index in [9.17, 15) is 8.42 Å². The van der Waals surface area contributed by atoms with Crippen LogP contribution >= 0.6 is 11.8 Å². The molecule has 1 N–H and O–H groups in total. The van der Waals surface area contributed by atoms with E-state index in [0.717, 1.165) is 11.3 Å². The highest BCUT2D eigenvalue weighted by Gasteiger charge is 2.19. The smallest absolute Gasteiger partial charge is 0.242 e. The number of sulfonamides is 1. The topological polar surface area (TPSA) is 49.4 Å². The van der Waals surface area contributed by atoms with Gasteiger partial charge in [0.25, 0.3) is 0 Å². The van der Waals surface area contributed by atoms with Crippen molar-refractivity contribution >= 4 is 21.8 Å². The van der Waals surface area contributed by atoms with Crippen molar-refractivity contribution in [2.45, 2.75) is 36.7 Å². The summed E-state index contributed by atoms with van der Waals surface area (Å²) in [6.45, 7) is 2.13. The van der Waals surface area contributed by atoms with Crippen LogP contribution in [-0.4, -0.2) is 44.4 Å². The normalized spacial score (nSPS) is 21.4. The van der Waals surface area contributed by atoms with E-state index in [4.69, 9.17) is 0 Å². The SMILES string of the molecule is CC(NC1CCCSC1)c1ccc(S(=O)(=O)N(C)C)cc1. The predicted molar refractivity (Wildman–Crippen MR) is 89.2 cm³/mol. The first-order chi connectivity index (χ1) is 9.91. The van der Waals surface area contributed by atoms with Crippen molar-refractivity contribution in [1.29, 1.82) is 0 Å². The van der Waals surface area contributed by atoms with E-state index in [1.165, 1.54) is 22.9 Å². The van der Waals surface area contributed by atoms with Gasteiger partial charge in [0, 0.05) is 31.9 Å². The summed E-state index contributed by atoms with van der Waals surface area (Å²) < 4.78 is 25.3. The number of nitrogens with zero attached hydrogens (tertiary/aromatic N) is 1. The summed E-state index contributed by atoms with van der Waals surface area (Å²) in [5.74, 6) is 2.43. The highest BCUT2D eigenvalue weighted by atomic mass is 32.2.